The van der Waals surface area contributed by atoms with Crippen LogP contribution in [0.4, 0.5) is 11.4 Å². The maximum absolute atomic E-state index is 4.42. The van der Waals surface area contributed by atoms with Crippen LogP contribution in [0, 0.1) is 0 Å². The molecule has 0 aliphatic carbocycles. The number of hydrogen-bond donors (Lipinski definition) is 0. The average Bonchev–Trinajstić information content (AvgIpc) is 2.47. The van der Waals surface area contributed by atoms with Crippen LogP contribution in [0.5, 0.6) is 0 Å². The van der Waals surface area contributed by atoms with E-state index in [1.165, 1.54) is 5.69 Å². The van der Waals surface area contributed by atoms with Crippen LogP contribution < -0.4 is 4.48 Å². The zero-order chi connectivity index (χ0) is 9.47. The summed E-state index contributed by atoms with van der Waals surface area (Å²) in [6.45, 7) is 4.43. The molecule has 0 aromatic heterocycles. The van der Waals surface area contributed by atoms with E-state index in [9.17, 15) is 0 Å². The third-order valence-corrected chi connectivity index (χ3v) is 2.91. The summed E-state index contributed by atoms with van der Waals surface area (Å²) in [4.78, 5) is 4.42. The summed E-state index contributed by atoms with van der Waals surface area (Å²) >= 11 is 0. The Balaban J connectivity index is 2.55. The summed E-state index contributed by atoms with van der Waals surface area (Å²) in [6, 6.07) is 8.87. The van der Waals surface area contributed by atoms with Crippen LogP contribution >= 0.6 is 0 Å². The van der Waals surface area contributed by atoms with Crippen molar-refractivity contribution in [3.05, 3.63) is 24.3 Å². The molecule has 2 heteroatoms. The second-order valence-electron chi connectivity index (χ2n) is 3.97. The zero-order valence-corrected chi connectivity index (χ0v) is 8.36. The molecule has 0 saturated carbocycles. The summed E-state index contributed by atoms with van der Waals surface area (Å²) < 4.78 is 0.816. The molecule has 1 aromatic rings. The molecule has 1 atom stereocenters. The van der Waals surface area contributed by atoms with Crippen molar-refractivity contribution >= 4 is 17.7 Å². The second-order valence-corrected chi connectivity index (χ2v) is 3.97. The third kappa shape index (κ3) is 1.10. The maximum Gasteiger partial charge on any atom is 0.195 e. The van der Waals surface area contributed by atoms with Gasteiger partial charge in [0.1, 0.15) is 5.69 Å². The summed E-state index contributed by atoms with van der Waals surface area (Å²) in [5, 5.41) is 0. The monoisotopic (exact) mass is 175 g/mol. The molecule has 1 aliphatic heterocycles. The van der Waals surface area contributed by atoms with E-state index in [2.05, 4.69) is 44.1 Å². The van der Waals surface area contributed by atoms with Gasteiger partial charge in [-0.15, -0.1) is 0 Å². The van der Waals surface area contributed by atoms with E-state index in [4.69, 9.17) is 0 Å². The van der Waals surface area contributed by atoms with E-state index < -0.39 is 0 Å². The Morgan fingerprint density at radius 3 is 2.62 bits per heavy atom. The summed E-state index contributed by atoms with van der Waals surface area (Å²) in [5.74, 6) is 0. The van der Waals surface area contributed by atoms with Crippen molar-refractivity contribution in [2.45, 2.75) is 19.9 Å². The first-order valence-electron chi connectivity index (χ1n) is 4.65. The second kappa shape index (κ2) is 2.67. The standard InChI is InChI=1S/C11H15N2/c1-9(2)13(3)8-12-10-6-4-5-7-11(10)13/h4-9H,1-3H3/q+1. The van der Waals surface area contributed by atoms with E-state index in [1.54, 1.807) is 0 Å². The highest BCUT2D eigenvalue weighted by atomic mass is 15.4. The van der Waals surface area contributed by atoms with Crippen molar-refractivity contribution in [1.82, 2.24) is 4.48 Å². The predicted molar refractivity (Wildman–Crippen MR) is 57.4 cm³/mol. The molecule has 0 fully saturated rings. The predicted octanol–water partition coefficient (Wildman–Crippen LogP) is 2.71. The summed E-state index contributed by atoms with van der Waals surface area (Å²) in [7, 11) is 2.19. The van der Waals surface area contributed by atoms with Crippen molar-refractivity contribution in [3.63, 3.8) is 0 Å². The molecule has 2 rings (SSSR count). The van der Waals surface area contributed by atoms with Gasteiger partial charge < -0.3 is 0 Å². The molecule has 68 valence electrons. The number of fused-ring (bicyclic) bond motifs is 1. The van der Waals surface area contributed by atoms with Gasteiger partial charge in [0.05, 0.1) is 13.1 Å². The lowest BCUT2D eigenvalue weighted by molar-refractivity contribution is 0.426. The molecule has 0 spiro atoms. The van der Waals surface area contributed by atoms with Gasteiger partial charge in [0, 0.05) is 6.07 Å². The quantitative estimate of drug-likeness (QED) is 0.582. The Bertz CT molecular complexity index is 355. The van der Waals surface area contributed by atoms with Gasteiger partial charge in [-0.25, -0.2) is 4.48 Å². The number of rotatable bonds is 1. The molecule has 1 aliphatic rings. The molecule has 1 unspecified atom stereocenters. The van der Waals surface area contributed by atoms with Crippen molar-refractivity contribution in [2.75, 3.05) is 7.05 Å². The minimum atomic E-state index is 0.535. The lowest BCUT2D eigenvalue weighted by Gasteiger charge is -2.29. The molecule has 1 heterocycles. The van der Waals surface area contributed by atoms with Gasteiger partial charge in [-0.3, -0.25) is 0 Å². The molecule has 0 saturated heterocycles. The normalized spacial score (nSPS) is 25.2. The first kappa shape index (κ1) is 8.45. The van der Waals surface area contributed by atoms with Crippen LogP contribution in [0.15, 0.2) is 29.3 Å². The van der Waals surface area contributed by atoms with E-state index in [1.807, 2.05) is 12.4 Å². The molecule has 0 amide bonds. The van der Waals surface area contributed by atoms with Gasteiger partial charge in [0.25, 0.3) is 0 Å². The van der Waals surface area contributed by atoms with Gasteiger partial charge in [-0.2, -0.15) is 4.99 Å². The van der Waals surface area contributed by atoms with Crippen LogP contribution in [0.2, 0.25) is 0 Å². The average molecular weight is 175 g/mol. The topological polar surface area (TPSA) is 12.4 Å². The molecular formula is C11H15N2+. The minimum Gasteiger partial charge on any atom is -0.247 e. The Labute approximate surface area is 79.1 Å². The van der Waals surface area contributed by atoms with E-state index in [-0.39, 0.29) is 0 Å². The first-order chi connectivity index (χ1) is 6.14. The zero-order valence-electron chi connectivity index (χ0n) is 8.36. The molecular weight excluding hydrogens is 160 g/mol. The molecule has 13 heavy (non-hydrogen) atoms. The van der Waals surface area contributed by atoms with Crippen LogP contribution in [-0.2, 0) is 0 Å². The first-order valence-corrected chi connectivity index (χ1v) is 4.65. The Hall–Kier alpha value is -1.15. The van der Waals surface area contributed by atoms with E-state index >= 15 is 0 Å². The lowest BCUT2D eigenvalue weighted by atomic mass is 10.2. The fourth-order valence-electron chi connectivity index (χ4n) is 1.64. The number of benzene rings is 1. The minimum absolute atomic E-state index is 0.535. The molecule has 0 N–H and O–H groups in total. The number of aliphatic imine (C=N–C) groups is 1. The van der Waals surface area contributed by atoms with Crippen LogP contribution in [0.25, 0.3) is 0 Å². The Morgan fingerprint density at radius 1 is 1.23 bits per heavy atom. The fraction of sp³-hybridized carbons (Fsp3) is 0.364. The molecule has 1 aromatic carbocycles. The largest absolute Gasteiger partial charge is 0.247 e. The van der Waals surface area contributed by atoms with Gasteiger partial charge in [-0.1, -0.05) is 12.1 Å². The van der Waals surface area contributed by atoms with Crippen LogP contribution in [-0.4, -0.2) is 19.4 Å². The highest BCUT2D eigenvalue weighted by Crippen LogP contribution is 2.37. The molecule has 0 bridgehead atoms. The van der Waals surface area contributed by atoms with E-state index in [0.717, 1.165) is 10.2 Å². The van der Waals surface area contributed by atoms with Gasteiger partial charge in [0.15, 0.2) is 12.0 Å². The van der Waals surface area contributed by atoms with Crippen molar-refractivity contribution in [2.24, 2.45) is 4.99 Å². The lowest BCUT2D eigenvalue weighted by Crippen LogP contribution is -2.47. The van der Waals surface area contributed by atoms with Crippen molar-refractivity contribution < 1.29 is 0 Å². The number of para-hydroxylation sites is 2. The third-order valence-electron chi connectivity index (χ3n) is 2.91. The number of quaternary nitrogens is 1. The maximum atomic E-state index is 4.42. The van der Waals surface area contributed by atoms with Crippen LogP contribution in [0.3, 0.4) is 0 Å². The summed E-state index contributed by atoms with van der Waals surface area (Å²) in [5.41, 5.74) is 2.41. The molecule has 2 nitrogen and oxygen atoms in total. The summed E-state index contributed by atoms with van der Waals surface area (Å²) in [6.07, 6.45) is 2.02. The van der Waals surface area contributed by atoms with Gasteiger partial charge in [-0.05, 0) is 19.9 Å². The number of nitrogens with zero attached hydrogens (tertiary/aromatic N) is 2. The highest BCUT2D eigenvalue weighted by molar-refractivity contribution is 5.88. The van der Waals surface area contributed by atoms with Crippen molar-refractivity contribution in [3.8, 4) is 0 Å². The number of hydrogen-bond acceptors (Lipinski definition) is 1. The van der Waals surface area contributed by atoms with Gasteiger partial charge in [0.2, 0.25) is 0 Å². The Morgan fingerprint density at radius 2 is 1.92 bits per heavy atom. The van der Waals surface area contributed by atoms with E-state index in [0.29, 0.717) is 6.04 Å². The highest BCUT2D eigenvalue weighted by Gasteiger charge is 2.33. The molecule has 0 radical (unpaired) electrons. The van der Waals surface area contributed by atoms with Gasteiger partial charge >= 0.3 is 0 Å². The SMILES string of the molecule is CC(C)[N+]1(C)C=Nc2ccccc21. The van der Waals surface area contributed by atoms with Crippen molar-refractivity contribution in [1.29, 1.82) is 0 Å². The van der Waals surface area contributed by atoms with Crippen LogP contribution in [0.1, 0.15) is 13.8 Å². The smallest absolute Gasteiger partial charge is 0.195 e. The Kier molecular flexibility index (Phi) is 1.74. The fourth-order valence-corrected chi connectivity index (χ4v) is 1.64.